The van der Waals surface area contributed by atoms with Crippen molar-refractivity contribution in [2.24, 2.45) is 5.92 Å². The molecule has 1 aliphatic rings. The van der Waals surface area contributed by atoms with E-state index in [1.807, 2.05) is 6.92 Å². The number of aliphatic carboxylic acids is 1. The summed E-state index contributed by atoms with van der Waals surface area (Å²) in [5.41, 5.74) is 0.115. The van der Waals surface area contributed by atoms with Gasteiger partial charge in [0.25, 0.3) is 0 Å². The molecule has 1 aromatic rings. The maximum Gasteiger partial charge on any atom is 0.325 e. The number of hydrogen-bond donors (Lipinski definition) is 1. The molecule has 20 heavy (non-hydrogen) atoms. The third-order valence-corrected chi connectivity index (χ3v) is 3.27. The molecule has 0 amide bonds. The number of rotatable bonds is 3. The number of ether oxygens (including phenoxy) is 1. The van der Waals surface area contributed by atoms with E-state index < -0.39 is 23.6 Å². The minimum Gasteiger partial charge on any atom is -0.480 e. The fourth-order valence-corrected chi connectivity index (χ4v) is 2.49. The highest BCUT2D eigenvalue weighted by atomic mass is 19.1. The number of halogens is 2. The van der Waals surface area contributed by atoms with Gasteiger partial charge in [0.1, 0.15) is 17.7 Å². The summed E-state index contributed by atoms with van der Waals surface area (Å²) in [5, 5.41) is 9.41. The van der Waals surface area contributed by atoms with Crippen molar-refractivity contribution in [3.05, 3.63) is 35.4 Å². The van der Waals surface area contributed by atoms with E-state index in [-0.39, 0.29) is 11.5 Å². The number of carboxylic acids is 1. The molecular formula is C14H17F2NO3. The molecule has 2 unspecified atom stereocenters. The minimum atomic E-state index is -1.12. The van der Waals surface area contributed by atoms with Crippen LogP contribution >= 0.6 is 0 Å². The van der Waals surface area contributed by atoms with Gasteiger partial charge in [-0.3, -0.25) is 9.69 Å². The van der Waals surface area contributed by atoms with Crippen molar-refractivity contribution in [1.82, 2.24) is 4.90 Å². The minimum absolute atomic E-state index is 0.115. The first kappa shape index (κ1) is 14.9. The number of carbonyl (C=O) groups is 1. The first-order valence-corrected chi connectivity index (χ1v) is 6.48. The Morgan fingerprint density at radius 3 is 2.65 bits per heavy atom. The highest BCUT2D eigenvalue weighted by Gasteiger charge is 2.30. The lowest BCUT2D eigenvalue weighted by Crippen LogP contribution is -2.37. The molecule has 1 fully saturated rings. The molecule has 0 radical (unpaired) electrons. The largest absolute Gasteiger partial charge is 0.480 e. The normalized spacial score (nSPS) is 22.2. The molecule has 0 aliphatic carbocycles. The Bertz CT molecular complexity index is 475. The van der Waals surface area contributed by atoms with Gasteiger partial charge in [-0.2, -0.15) is 0 Å². The first-order chi connectivity index (χ1) is 9.47. The quantitative estimate of drug-likeness (QED) is 0.923. The van der Waals surface area contributed by atoms with Crippen molar-refractivity contribution >= 4 is 5.97 Å². The van der Waals surface area contributed by atoms with Crippen molar-refractivity contribution in [2.45, 2.75) is 13.0 Å². The molecule has 0 spiro atoms. The van der Waals surface area contributed by atoms with Crippen LogP contribution in [-0.4, -0.2) is 42.3 Å². The summed E-state index contributed by atoms with van der Waals surface area (Å²) in [4.78, 5) is 13.2. The van der Waals surface area contributed by atoms with Crippen LogP contribution in [0.5, 0.6) is 0 Å². The second-order valence-electron chi connectivity index (χ2n) is 5.12. The molecule has 1 saturated heterocycles. The molecule has 110 valence electrons. The lowest BCUT2D eigenvalue weighted by Gasteiger charge is -2.28. The van der Waals surface area contributed by atoms with E-state index >= 15 is 0 Å². The van der Waals surface area contributed by atoms with Crippen molar-refractivity contribution in [3.8, 4) is 0 Å². The zero-order valence-electron chi connectivity index (χ0n) is 11.2. The molecule has 0 bridgehead atoms. The maximum atomic E-state index is 13.3. The summed E-state index contributed by atoms with van der Waals surface area (Å²) in [5.74, 6) is -2.50. The standard InChI is InChI=1S/C14H17F2NO3/c1-9-7-17(2-3-20-8-9)13(14(18)19)10-4-11(15)6-12(16)5-10/h4-6,9,13H,2-3,7-8H2,1H3,(H,18,19). The van der Waals surface area contributed by atoms with Gasteiger partial charge in [-0.25, -0.2) is 8.78 Å². The second-order valence-corrected chi connectivity index (χ2v) is 5.12. The van der Waals surface area contributed by atoms with E-state index in [4.69, 9.17) is 4.74 Å². The molecule has 0 saturated carbocycles. The third-order valence-electron chi connectivity index (χ3n) is 3.27. The molecule has 1 aliphatic heterocycles. The van der Waals surface area contributed by atoms with Gasteiger partial charge in [0.2, 0.25) is 0 Å². The van der Waals surface area contributed by atoms with Crippen LogP contribution in [0.1, 0.15) is 18.5 Å². The van der Waals surface area contributed by atoms with Gasteiger partial charge < -0.3 is 9.84 Å². The second kappa shape index (κ2) is 6.28. The van der Waals surface area contributed by atoms with Gasteiger partial charge in [0.05, 0.1) is 13.2 Å². The Morgan fingerprint density at radius 1 is 1.40 bits per heavy atom. The SMILES string of the molecule is CC1COCCN(C(C(=O)O)c2cc(F)cc(F)c2)C1. The Morgan fingerprint density at radius 2 is 2.05 bits per heavy atom. The van der Waals surface area contributed by atoms with Gasteiger partial charge in [-0.15, -0.1) is 0 Å². The summed E-state index contributed by atoms with van der Waals surface area (Å²) in [6.45, 7) is 3.84. The number of nitrogens with zero attached hydrogens (tertiary/aromatic N) is 1. The average molecular weight is 285 g/mol. The maximum absolute atomic E-state index is 13.3. The van der Waals surface area contributed by atoms with E-state index in [1.165, 1.54) is 0 Å². The first-order valence-electron chi connectivity index (χ1n) is 6.48. The van der Waals surface area contributed by atoms with Crippen LogP contribution in [0.2, 0.25) is 0 Å². The molecule has 1 heterocycles. The predicted molar refractivity (Wildman–Crippen MR) is 68.3 cm³/mol. The van der Waals surface area contributed by atoms with E-state index in [1.54, 1.807) is 4.90 Å². The summed E-state index contributed by atoms with van der Waals surface area (Å²) in [7, 11) is 0. The van der Waals surface area contributed by atoms with E-state index in [0.29, 0.717) is 26.3 Å². The fourth-order valence-electron chi connectivity index (χ4n) is 2.49. The molecule has 6 heteroatoms. The van der Waals surface area contributed by atoms with Gasteiger partial charge in [-0.05, 0) is 23.6 Å². The van der Waals surface area contributed by atoms with Crippen LogP contribution in [0.25, 0.3) is 0 Å². The van der Waals surface area contributed by atoms with Crippen molar-refractivity contribution in [1.29, 1.82) is 0 Å². The molecule has 4 nitrogen and oxygen atoms in total. The lowest BCUT2D eigenvalue weighted by atomic mass is 10.0. The summed E-state index contributed by atoms with van der Waals surface area (Å²) >= 11 is 0. The number of benzene rings is 1. The van der Waals surface area contributed by atoms with Crippen LogP contribution in [0, 0.1) is 17.6 Å². The highest BCUT2D eigenvalue weighted by molar-refractivity contribution is 5.75. The van der Waals surface area contributed by atoms with Crippen molar-refractivity contribution < 1.29 is 23.4 Å². The van der Waals surface area contributed by atoms with E-state index in [2.05, 4.69) is 0 Å². The summed E-state index contributed by atoms with van der Waals surface area (Å²) in [6, 6.07) is 1.80. The zero-order chi connectivity index (χ0) is 14.7. The summed E-state index contributed by atoms with van der Waals surface area (Å²) < 4.78 is 32.0. The third kappa shape index (κ3) is 3.52. The Kier molecular flexibility index (Phi) is 4.67. The average Bonchev–Trinajstić information content (AvgIpc) is 2.52. The van der Waals surface area contributed by atoms with Crippen LogP contribution in [-0.2, 0) is 9.53 Å². The number of carboxylic acid groups (broad SMARTS) is 1. The summed E-state index contributed by atoms with van der Waals surface area (Å²) in [6.07, 6.45) is 0. The van der Waals surface area contributed by atoms with Gasteiger partial charge >= 0.3 is 5.97 Å². The van der Waals surface area contributed by atoms with E-state index in [0.717, 1.165) is 18.2 Å². The Balaban J connectivity index is 2.32. The van der Waals surface area contributed by atoms with Gasteiger partial charge in [-0.1, -0.05) is 6.92 Å². The van der Waals surface area contributed by atoms with Crippen LogP contribution in [0.15, 0.2) is 18.2 Å². The topological polar surface area (TPSA) is 49.8 Å². The van der Waals surface area contributed by atoms with Crippen LogP contribution in [0.3, 0.4) is 0 Å². The molecule has 1 N–H and O–H groups in total. The van der Waals surface area contributed by atoms with Crippen molar-refractivity contribution in [3.63, 3.8) is 0 Å². The zero-order valence-corrected chi connectivity index (χ0v) is 11.2. The van der Waals surface area contributed by atoms with E-state index in [9.17, 15) is 18.7 Å². The predicted octanol–water partition coefficient (Wildman–Crippen LogP) is 2.06. The number of hydrogen-bond acceptors (Lipinski definition) is 3. The lowest BCUT2D eigenvalue weighted by molar-refractivity contribution is -0.143. The smallest absolute Gasteiger partial charge is 0.325 e. The van der Waals surface area contributed by atoms with Crippen molar-refractivity contribution in [2.75, 3.05) is 26.3 Å². The van der Waals surface area contributed by atoms with Gasteiger partial charge in [0, 0.05) is 19.2 Å². The van der Waals surface area contributed by atoms with Crippen LogP contribution in [0.4, 0.5) is 8.78 Å². The molecular weight excluding hydrogens is 268 g/mol. The van der Waals surface area contributed by atoms with Crippen LogP contribution < -0.4 is 0 Å². The molecule has 0 aromatic heterocycles. The fraction of sp³-hybridized carbons (Fsp3) is 0.500. The Labute approximate surface area is 116 Å². The van der Waals surface area contributed by atoms with Gasteiger partial charge in [0.15, 0.2) is 0 Å². The highest BCUT2D eigenvalue weighted by Crippen LogP contribution is 2.25. The molecule has 2 rings (SSSR count). The molecule has 1 aromatic carbocycles. The monoisotopic (exact) mass is 285 g/mol. The Hall–Kier alpha value is -1.53. The molecule has 2 atom stereocenters.